The second-order valence-electron chi connectivity index (χ2n) is 6.35. The van der Waals surface area contributed by atoms with Crippen molar-refractivity contribution in [2.45, 2.75) is 12.5 Å². The number of nitrogens with one attached hydrogen (secondary N) is 3. The molecule has 3 N–H and O–H groups in total. The molecule has 4 aromatic rings. The number of aromatic nitrogens is 2. The highest BCUT2D eigenvalue weighted by molar-refractivity contribution is 6.01. The van der Waals surface area contributed by atoms with Gasteiger partial charge in [0.1, 0.15) is 6.04 Å². The standard InChI is InChI=1S/C21H18N4O3/c26-20(23-16-8-9-17-15(12-16)13-22-25-17)18(11-14-5-2-1-3-6-14)24-21(27)19-7-4-10-28-19/h1-10,12-13,18H,11H2,(H,22,25)(H,23,26)(H,24,27). The number of rotatable bonds is 6. The van der Waals surface area contributed by atoms with Crippen molar-refractivity contribution in [2.75, 3.05) is 5.32 Å². The number of furan rings is 1. The molecular weight excluding hydrogens is 356 g/mol. The third-order valence-corrected chi connectivity index (χ3v) is 4.36. The molecule has 7 heteroatoms. The van der Waals surface area contributed by atoms with Crippen LogP contribution in [-0.2, 0) is 11.2 Å². The molecule has 2 amide bonds. The first-order chi connectivity index (χ1) is 13.7. The van der Waals surface area contributed by atoms with Gasteiger partial charge in [0.05, 0.1) is 18.0 Å². The number of carbonyl (C=O) groups is 2. The fourth-order valence-electron chi connectivity index (χ4n) is 2.95. The van der Waals surface area contributed by atoms with Crippen LogP contribution in [-0.4, -0.2) is 28.1 Å². The van der Waals surface area contributed by atoms with Crippen LogP contribution in [0.5, 0.6) is 0 Å². The molecule has 0 saturated heterocycles. The SMILES string of the molecule is O=C(NC(Cc1ccccc1)C(=O)Nc1ccc2[nH]ncc2c1)c1ccco1. The van der Waals surface area contributed by atoms with E-state index >= 15 is 0 Å². The number of anilines is 1. The Morgan fingerprint density at radius 1 is 1.07 bits per heavy atom. The van der Waals surface area contributed by atoms with E-state index in [0.29, 0.717) is 12.1 Å². The number of H-pyrrole nitrogens is 1. The van der Waals surface area contributed by atoms with Gasteiger partial charge in [-0.1, -0.05) is 30.3 Å². The minimum absolute atomic E-state index is 0.158. The van der Waals surface area contributed by atoms with Gasteiger partial charge in [0, 0.05) is 17.5 Å². The molecule has 1 unspecified atom stereocenters. The Bertz CT molecular complexity index is 1090. The summed E-state index contributed by atoms with van der Waals surface area (Å²) in [5, 5.41) is 13.4. The van der Waals surface area contributed by atoms with Crippen LogP contribution >= 0.6 is 0 Å². The maximum Gasteiger partial charge on any atom is 0.287 e. The number of aromatic amines is 1. The van der Waals surface area contributed by atoms with Crippen molar-refractivity contribution in [1.29, 1.82) is 0 Å². The third-order valence-electron chi connectivity index (χ3n) is 4.36. The average molecular weight is 374 g/mol. The predicted molar refractivity (Wildman–Crippen MR) is 105 cm³/mol. The van der Waals surface area contributed by atoms with E-state index in [9.17, 15) is 9.59 Å². The lowest BCUT2D eigenvalue weighted by Gasteiger charge is -2.18. The summed E-state index contributed by atoms with van der Waals surface area (Å²) >= 11 is 0. The highest BCUT2D eigenvalue weighted by atomic mass is 16.3. The summed E-state index contributed by atoms with van der Waals surface area (Å²) in [4.78, 5) is 25.3. The molecule has 140 valence electrons. The number of hydrogen-bond acceptors (Lipinski definition) is 4. The summed E-state index contributed by atoms with van der Waals surface area (Å²) in [5.41, 5.74) is 2.45. The number of carbonyl (C=O) groups excluding carboxylic acids is 2. The molecule has 0 saturated carbocycles. The molecule has 2 aromatic heterocycles. The Morgan fingerprint density at radius 2 is 1.93 bits per heavy atom. The highest BCUT2D eigenvalue weighted by Crippen LogP contribution is 2.17. The van der Waals surface area contributed by atoms with Gasteiger partial charge < -0.3 is 15.1 Å². The van der Waals surface area contributed by atoms with Gasteiger partial charge in [-0.25, -0.2) is 0 Å². The first-order valence-corrected chi connectivity index (χ1v) is 8.81. The first kappa shape index (κ1) is 17.5. The quantitative estimate of drug-likeness (QED) is 0.483. The third kappa shape index (κ3) is 3.93. The molecule has 0 spiro atoms. The summed E-state index contributed by atoms with van der Waals surface area (Å²) in [5.74, 6) is -0.594. The van der Waals surface area contributed by atoms with Gasteiger partial charge in [-0.05, 0) is 35.9 Å². The predicted octanol–water partition coefficient (Wildman–Crippen LogP) is 3.14. The fourth-order valence-corrected chi connectivity index (χ4v) is 2.95. The molecule has 0 aliphatic carbocycles. The molecule has 28 heavy (non-hydrogen) atoms. The number of nitrogens with zero attached hydrogens (tertiary/aromatic N) is 1. The lowest BCUT2D eigenvalue weighted by Crippen LogP contribution is -2.45. The van der Waals surface area contributed by atoms with Crippen molar-refractivity contribution in [3.05, 3.63) is 84.4 Å². The normalized spacial score (nSPS) is 11.9. The van der Waals surface area contributed by atoms with E-state index in [1.54, 1.807) is 24.4 Å². The Balaban J connectivity index is 1.53. The van der Waals surface area contributed by atoms with Crippen LogP contribution < -0.4 is 10.6 Å². The summed E-state index contributed by atoms with van der Waals surface area (Å²) < 4.78 is 5.13. The molecule has 0 bridgehead atoms. The Hall–Kier alpha value is -3.87. The molecule has 2 aromatic carbocycles. The topological polar surface area (TPSA) is 100 Å². The minimum atomic E-state index is -0.764. The van der Waals surface area contributed by atoms with E-state index in [-0.39, 0.29) is 11.7 Å². The molecule has 1 atom stereocenters. The van der Waals surface area contributed by atoms with Crippen molar-refractivity contribution in [2.24, 2.45) is 0 Å². The van der Waals surface area contributed by atoms with Gasteiger partial charge in [0.2, 0.25) is 5.91 Å². The van der Waals surface area contributed by atoms with Crippen LogP contribution in [0, 0.1) is 0 Å². The van der Waals surface area contributed by atoms with E-state index < -0.39 is 11.9 Å². The molecule has 0 radical (unpaired) electrons. The summed E-state index contributed by atoms with van der Waals surface area (Å²) in [7, 11) is 0. The summed E-state index contributed by atoms with van der Waals surface area (Å²) in [6.45, 7) is 0. The number of benzene rings is 2. The molecule has 0 aliphatic rings. The first-order valence-electron chi connectivity index (χ1n) is 8.81. The van der Waals surface area contributed by atoms with E-state index in [4.69, 9.17) is 4.42 Å². The van der Waals surface area contributed by atoms with Crippen LogP contribution in [0.25, 0.3) is 10.9 Å². The monoisotopic (exact) mass is 374 g/mol. The fraction of sp³-hybridized carbons (Fsp3) is 0.0952. The van der Waals surface area contributed by atoms with Crippen LogP contribution in [0.1, 0.15) is 16.1 Å². The van der Waals surface area contributed by atoms with Gasteiger partial charge >= 0.3 is 0 Å². The molecular formula is C21H18N4O3. The van der Waals surface area contributed by atoms with Gasteiger partial charge in [-0.3, -0.25) is 14.7 Å². The average Bonchev–Trinajstić information content (AvgIpc) is 3.40. The number of hydrogen-bond donors (Lipinski definition) is 3. The largest absolute Gasteiger partial charge is 0.459 e. The van der Waals surface area contributed by atoms with Crippen molar-refractivity contribution in [3.8, 4) is 0 Å². The molecule has 2 heterocycles. The van der Waals surface area contributed by atoms with E-state index in [0.717, 1.165) is 16.5 Å². The van der Waals surface area contributed by atoms with Crippen molar-refractivity contribution in [3.63, 3.8) is 0 Å². The number of amides is 2. The van der Waals surface area contributed by atoms with E-state index in [2.05, 4.69) is 20.8 Å². The maximum atomic E-state index is 12.9. The maximum absolute atomic E-state index is 12.9. The van der Waals surface area contributed by atoms with Crippen LogP contribution in [0.3, 0.4) is 0 Å². The van der Waals surface area contributed by atoms with Gasteiger partial charge in [-0.15, -0.1) is 0 Å². The van der Waals surface area contributed by atoms with E-state index in [1.165, 1.54) is 6.26 Å². The Labute approximate surface area is 160 Å². The second kappa shape index (κ2) is 7.79. The Kier molecular flexibility index (Phi) is 4.88. The smallest absolute Gasteiger partial charge is 0.287 e. The van der Waals surface area contributed by atoms with Crippen molar-refractivity contribution < 1.29 is 14.0 Å². The van der Waals surface area contributed by atoms with E-state index in [1.807, 2.05) is 42.5 Å². The van der Waals surface area contributed by atoms with Crippen LogP contribution in [0.2, 0.25) is 0 Å². The van der Waals surface area contributed by atoms with Gasteiger partial charge in [0.25, 0.3) is 5.91 Å². The number of fused-ring (bicyclic) bond motifs is 1. The van der Waals surface area contributed by atoms with Gasteiger partial charge in [-0.2, -0.15) is 5.10 Å². The van der Waals surface area contributed by atoms with Gasteiger partial charge in [0.15, 0.2) is 5.76 Å². The zero-order chi connectivity index (χ0) is 19.3. The molecule has 0 aliphatic heterocycles. The molecule has 0 fully saturated rings. The molecule has 7 nitrogen and oxygen atoms in total. The van der Waals surface area contributed by atoms with Crippen molar-refractivity contribution >= 4 is 28.4 Å². The van der Waals surface area contributed by atoms with Crippen molar-refractivity contribution in [1.82, 2.24) is 15.5 Å². The zero-order valence-corrected chi connectivity index (χ0v) is 14.9. The highest BCUT2D eigenvalue weighted by Gasteiger charge is 2.23. The Morgan fingerprint density at radius 3 is 2.71 bits per heavy atom. The van der Waals surface area contributed by atoms with Crippen LogP contribution in [0.15, 0.2) is 77.5 Å². The summed E-state index contributed by atoms with van der Waals surface area (Å²) in [6, 6.07) is 17.4. The summed E-state index contributed by atoms with van der Waals surface area (Å²) in [6.07, 6.45) is 3.46. The minimum Gasteiger partial charge on any atom is -0.459 e. The lowest BCUT2D eigenvalue weighted by atomic mass is 10.0. The lowest BCUT2D eigenvalue weighted by molar-refractivity contribution is -0.118. The second-order valence-corrected chi connectivity index (χ2v) is 6.35. The zero-order valence-electron chi connectivity index (χ0n) is 14.9. The van der Waals surface area contributed by atoms with Crippen LogP contribution in [0.4, 0.5) is 5.69 Å². The molecule has 4 rings (SSSR count).